The minimum absolute atomic E-state index is 0.0864. The summed E-state index contributed by atoms with van der Waals surface area (Å²) in [5, 5.41) is -0.475. The van der Waals surface area contributed by atoms with E-state index in [4.69, 9.17) is 17.3 Å². The molecule has 0 spiro atoms. The fourth-order valence-electron chi connectivity index (χ4n) is 2.40. The van der Waals surface area contributed by atoms with Crippen LogP contribution in [0.25, 0.3) is 0 Å². The minimum atomic E-state index is -4.81. The highest BCUT2D eigenvalue weighted by atomic mass is 35.5. The second-order valence-corrected chi connectivity index (χ2v) is 7.90. The quantitative estimate of drug-likeness (QED) is 0.747. The summed E-state index contributed by atoms with van der Waals surface area (Å²) in [7, 11) is -3.74. The van der Waals surface area contributed by atoms with E-state index in [9.17, 15) is 30.8 Å². The lowest BCUT2D eigenvalue weighted by Crippen LogP contribution is -2.39. The highest BCUT2D eigenvalue weighted by Gasteiger charge is 2.37. The summed E-state index contributed by atoms with van der Waals surface area (Å²) in [5.74, 6) is -1.89. The lowest BCUT2D eigenvalue weighted by molar-refractivity contribution is -0.137. The molecule has 2 aromatic rings. The number of carbonyl (C=O) groups is 1. The van der Waals surface area contributed by atoms with Crippen molar-refractivity contribution in [3.63, 3.8) is 0 Å². The first-order chi connectivity index (χ1) is 12.4. The van der Waals surface area contributed by atoms with Gasteiger partial charge in [-0.05, 0) is 35.9 Å². The van der Waals surface area contributed by atoms with Crippen LogP contribution in [0.3, 0.4) is 0 Å². The third-order valence-corrected chi connectivity index (χ3v) is 6.02. The Morgan fingerprint density at radius 3 is 2.33 bits per heavy atom. The molecule has 2 aromatic carbocycles. The predicted molar refractivity (Wildman–Crippen MR) is 89.7 cm³/mol. The Hall–Kier alpha value is -2.17. The molecule has 5 nitrogen and oxygen atoms in total. The minimum Gasteiger partial charge on any atom is -0.368 e. The highest BCUT2D eigenvalue weighted by Crippen LogP contribution is 2.35. The largest absolute Gasteiger partial charge is 0.416 e. The van der Waals surface area contributed by atoms with Crippen molar-refractivity contribution in [2.45, 2.75) is 17.1 Å². The molecule has 0 radical (unpaired) electrons. The van der Waals surface area contributed by atoms with E-state index in [2.05, 4.69) is 0 Å². The SMILES string of the molecule is CN(C(C(N)=O)c1cccc(F)c1)S(=O)(=O)c1cc(C(F)(F)F)ccc1Cl. The number of benzene rings is 2. The van der Waals surface area contributed by atoms with Crippen molar-refractivity contribution in [3.05, 3.63) is 64.4 Å². The lowest BCUT2D eigenvalue weighted by Gasteiger charge is -2.26. The number of alkyl halides is 3. The Balaban J connectivity index is 2.59. The van der Waals surface area contributed by atoms with Gasteiger partial charge in [-0.25, -0.2) is 12.8 Å². The lowest BCUT2D eigenvalue weighted by atomic mass is 10.1. The van der Waals surface area contributed by atoms with Crippen LogP contribution in [0.15, 0.2) is 47.4 Å². The molecule has 0 fully saturated rings. The Bertz CT molecular complexity index is 980. The molecular weight excluding hydrogens is 412 g/mol. The summed E-state index contributed by atoms with van der Waals surface area (Å²) in [4.78, 5) is 11.0. The topological polar surface area (TPSA) is 80.5 Å². The number of hydrogen-bond donors (Lipinski definition) is 1. The number of primary amides is 1. The number of sulfonamides is 1. The molecule has 27 heavy (non-hydrogen) atoms. The van der Waals surface area contributed by atoms with Crippen molar-refractivity contribution in [1.29, 1.82) is 0 Å². The summed E-state index contributed by atoms with van der Waals surface area (Å²) >= 11 is 5.78. The highest BCUT2D eigenvalue weighted by molar-refractivity contribution is 7.89. The van der Waals surface area contributed by atoms with Gasteiger partial charge in [0.2, 0.25) is 15.9 Å². The van der Waals surface area contributed by atoms with Gasteiger partial charge in [-0.3, -0.25) is 4.79 Å². The number of carbonyl (C=O) groups excluding carboxylic acids is 1. The number of nitrogens with two attached hydrogens (primary N) is 1. The number of rotatable bonds is 5. The maximum absolute atomic E-state index is 13.5. The van der Waals surface area contributed by atoms with Gasteiger partial charge < -0.3 is 5.73 Å². The van der Waals surface area contributed by atoms with E-state index in [0.29, 0.717) is 16.4 Å². The molecule has 1 atom stereocenters. The predicted octanol–water partition coefficient (Wildman–Crippen LogP) is 3.35. The number of amides is 1. The smallest absolute Gasteiger partial charge is 0.368 e. The van der Waals surface area contributed by atoms with Crippen molar-refractivity contribution in [2.24, 2.45) is 5.73 Å². The number of likely N-dealkylation sites (N-methyl/N-ethyl adjacent to an activating group) is 1. The van der Waals surface area contributed by atoms with Crippen molar-refractivity contribution in [2.75, 3.05) is 7.05 Å². The van der Waals surface area contributed by atoms with E-state index in [1.807, 2.05) is 0 Å². The molecule has 146 valence electrons. The summed E-state index contributed by atoms with van der Waals surface area (Å²) < 4.78 is 78.3. The van der Waals surface area contributed by atoms with Gasteiger partial charge in [-0.15, -0.1) is 0 Å². The van der Waals surface area contributed by atoms with E-state index in [1.165, 1.54) is 12.1 Å². The Kier molecular flexibility index (Phi) is 5.83. The van der Waals surface area contributed by atoms with Gasteiger partial charge in [0, 0.05) is 7.05 Å². The van der Waals surface area contributed by atoms with E-state index < -0.39 is 49.4 Å². The molecule has 0 aliphatic carbocycles. The zero-order chi connectivity index (χ0) is 20.6. The molecule has 0 heterocycles. The summed E-state index contributed by atoms with van der Waals surface area (Å²) in [6, 6.07) is 4.58. The number of halogens is 5. The van der Waals surface area contributed by atoms with Gasteiger partial charge in [-0.2, -0.15) is 17.5 Å². The van der Waals surface area contributed by atoms with Gasteiger partial charge in [0.1, 0.15) is 16.8 Å². The van der Waals surface area contributed by atoms with Gasteiger partial charge in [0.05, 0.1) is 10.6 Å². The Morgan fingerprint density at radius 2 is 1.81 bits per heavy atom. The standard InChI is InChI=1S/C16H13ClF4N2O3S/c1-23(14(15(22)24)9-3-2-4-11(18)7-9)27(25,26)13-8-10(16(19,20)21)5-6-12(13)17/h2-8,14H,1H3,(H2,22,24). The molecule has 0 saturated heterocycles. The average Bonchev–Trinajstić information content (AvgIpc) is 2.53. The van der Waals surface area contributed by atoms with Crippen molar-refractivity contribution < 1.29 is 30.8 Å². The molecule has 2 N–H and O–H groups in total. The molecule has 1 amide bonds. The molecule has 0 aliphatic heterocycles. The van der Waals surface area contributed by atoms with Crippen LogP contribution >= 0.6 is 11.6 Å². The van der Waals surface area contributed by atoms with Crippen LogP contribution in [-0.4, -0.2) is 25.7 Å². The van der Waals surface area contributed by atoms with Gasteiger partial charge in [-0.1, -0.05) is 23.7 Å². The maximum Gasteiger partial charge on any atom is 0.416 e. The molecule has 0 saturated carbocycles. The second-order valence-electron chi connectivity index (χ2n) is 5.52. The molecule has 2 rings (SSSR count). The first-order valence-electron chi connectivity index (χ1n) is 7.25. The van der Waals surface area contributed by atoms with E-state index in [1.54, 1.807) is 0 Å². The monoisotopic (exact) mass is 424 g/mol. The first-order valence-corrected chi connectivity index (χ1v) is 9.07. The number of hydrogen-bond acceptors (Lipinski definition) is 3. The fraction of sp³-hybridized carbons (Fsp3) is 0.188. The van der Waals surface area contributed by atoms with Crippen LogP contribution in [0.1, 0.15) is 17.2 Å². The zero-order valence-corrected chi connectivity index (χ0v) is 15.2. The summed E-state index contributed by atoms with van der Waals surface area (Å²) in [6.07, 6.45) is -4.81. The molecule has 0 aromatic heterocycles. The zero-order valence-electron chi connectivity index (χ0n) is 13.7. The first kappa shape index (κ1) is 21.1. The van der Waals surface area contributed by atoms with E-state index >= 15 is 0 Å². The second kappa shape index (κ2) is 7.45. The normalized spacial score (nSPS) is 13.6. The Morgan fingerprint density at radius 1 is 1.19 bits per heavy atom. The van der Waals surface area contributed by atoms with Crippen LogP contribution in [0, 0.1) is 5.82 Å². The van der Waals surface area contributed by atoms with Crippen molar-refractivity contribution in [1.82, 2.24) is 4.31 Å². The third-order valence-electron chi connectivity index (χ3n) is 3.71. The van der Waals surface area contributed by atoms with Gasteiger partial charge >= 0.3 is 6.18 Å². The maximum atomic E-state index is 13.5. The van der Waals surface area contributed by atoms with Crippen LogP contribution in [0.2, 0.25) is 5.02 Å². The van der Waals surface area contributed by atoms with Gasteiger partial charge in [0.15, 0.2) is 0 Å². The third kappa shape index (κ3) is 4.40. The van der Waals surface area contributed by atoms with Crippen LogP contribution < -0.4 is 5.73 Å². The molecular formula is C16H13ClF4N2O3S. The Labute approximate surface area is 157 Å². The fourth-order valence-corrected chi connectivity index (χ4v) is 4.22. The van der Waals surface area contributed by atoms with E-state index in [0.717, 1.165) is 25.2 Å². The molecule has 0 bridgehead atoms. The molecule has 1 unspecified atom stereocenters. The van der Waals surface area contributed by atoms with Crippen LogP contribution in [-0.2, 0) is 21.0 Å². The van der Waals surface area contributed by atoms with Crippen molar-refractivity contribution >= 4 is 27.5 Å². The number of nitrogens with zero attached hydrogens (tertiary/aromatic N) is 1. The van der Waals surface area contributed by atoms with Crippen LogP contribution in [0.4, 0.5) is 17.6 Å². The van der Waals surface area contributed by atoms with Gasteiger partial charge in [0.25, 0.3) is 0 Å². The summed E-state index contributed by atoms with van der Waals surface area (Å²) in [6.45, 7) is 0. The van der Waals surface area contributed by atoms with Crippen LogP contribution in [0.5, 0.6) is 0 Å². The molecule has 11 heteroatoms. The van der Waals surface area contributed by atoms with Crippen molar-refractivity contribution in [3.8, 4) is 0 Å². The summed E-state index contributed by atoms with van der Waals surface area (Å²) in [5.41, 5.74) is 3.93. The van der Waals surface area contributed by atoms with E-state index in [-0.39, 0.29) is 5.56 Å². The molecule has 0 aliphatic rings. The average molecular weight is 425 g/mol.